The van der Waals surface area contributed by atoms with Gasteiger partial charge in [-0.15, -0.1) is 0 Å². The summed E-state index contributed by atoms with van der Waals surface area (Å²) in [4.78, 5) is 11.3. The van der Waals surface area contributed by atoms with Crippen LogP contribution < -0.4 is 0 Å². The van der Waals surface area contributed by atoms with Gasteiger partial charge in [-0.25, -0.2) is 0 Å². The van der Waals surface area contributed by atoms with E-state index in [9.17, 15) is 4.79 Å². The number of aromatic nitrogens is 1. The predicted octanol–water partition coefficient (Wildman–Crippen LogP) is 3.17. The molecule has 0 aliphatic rings. The second-order valence-corrected chi connectivity index (χ2v) is 3.89. The lowest BCUT2D eigenvalue weighted by atomic mass is 10.1. The number of carbonyl (C=O) groups is 1. The minimum Gasteiger partial charge on any atom is -0.347 e. The van der Waals surface area contributed by atoms with Crippen LogP contribution in [0.15, 0.2) is 24.4 Å². The van der Waals surface area contributed by atoms with Gasteiger partial charge in [0.25, 0.3) is 0 Å². The monoisotopic (exact) mass is 201 g/mol. The number of benzene rings is 1. The summed E-state index contributed by atoms with van der Waals surface area (Å²) in [6, 6.07) is 5.92. The van der Waals surface area contributed by atoms with Crippen molar-refractivity contribution < 1.29 is 4.79 Å². The molecule has 0 saturated heterocycles. The maximum absolute atomic E-state index is 11.3. The van der Waals surface area contributed by atoms with Gasteiger partial charge in [0.2, 0.25) is 0 Å². The highest BCUT2D eigenvalue weighted by atomic mass is 16.1. The van der Waals surface area contributed by atoms with Crippen molar-refractivity contribution in [3.63, 3.8) is 0 Å². The van der Waals surface area contributed by atoms with Crippen LogP contribution in [-0.2, 0) is 6.54 Å². The molecule has 0 unspecified atom stereocenters. The zero-order valence-corrected chi connectivity index (χ0v) is 9.37. The van der Waals surface area contributed by atoms with Gasteiger partial charge in [-0.2, -0.15) is 0 Å². The van der Waals surface area contributed by atoms with Crippen LogP contribution in [0.4, 0.5) is 0 Å². The first-order valence-corrected chi connectivity index (χ1v) is 5.24. The largest absolute Gasteiger partial charge is 0.347 e. The van der Waals surface area contributed by atoms with Crippen LogP contribution in [0.3, 0.4) is 0 Å². The van der Waals surface area contributed by atoms with Gasteiger partial charge in [0.1, 0.15) is 0 Å². The van der Waals surface area contributed by atoms with Gasteiger partial charge >= 0.3 is 0 Å². The van der Waals surface area contributed by atoms with Gasteiger partial charge in [0.15, 0.2) is 5.78 Å². The number of rotatable bonds is 2. The zero-order chi connectivity index (χ0) is 11.0. The fourth-order valence-corrected chi connectivity index (χ4v) is 1.96. The smallest absolute Gasteiger partial charge is 0.159 e. The Hall–Kier alpha value is -1.57. The van der Waals surface area contributed by atoms with E-state index in [1.807, 2.05) is 18.2 Å². The van der Waals surface area contributed by atoms with Crippen LogP contribution in [0.5, 0.6) is 0 Å². The summed E-state index contributed by atoms with van der Waals surface area (Å²) < 4.78 is 2.18. The summed E-state index contributed by atoms with van der Waals surface area (Å²) in [5.41, 5.74) is 3.21. The highest BCUT2D eigenvalue weighted by Gasteiger charge is 2.06. The average Bonchev–Trinajstić information content (AvgIpc) is 2.55. The van der Waals surface area contributed by atoms with Crippen molar-refractivity contribution in [2.24, 2.45) is 0 Å². The van der Waals surface area contributed by atoms with Crippen LogP contribution in [0.25, 0.3) is 10.9 Å². The van der Waals surface area contributed by atoms with E-state index in [0.717, 1.165) is 17.6 Å². The standard InChI is InChI=1S/C13H15NO/c1-4-14-8-9(2)12-6-5-11(10(3)15)7-13(12)14/h5-8H,4H2,1-3H3. The predicted molar refractivity (Wildman–Crippen MR) is 62.4 cm³/mol. The number of aryl methyl sites for hydroxylation is 2. The minimum absolute atomic E-state index is 0.124. The van der Waals surface area contributed by atoms with Crippen LogP contribution in [0.2, 0.25) is 0 Å². The van der Waals surface area contributed by atoms with Gasteiger partial charge in [0.05, 0.1) is 0 Å². The number of nitrogens with zero attached hydrogens (tertiary/aromatic N) is 1. The molecule has 0 bridgehead atoms. The van der Waals surface area contributed by atoms with E-state index in [2.05, 4.69) is 24.6 Å². The SMILES string of the molecule is CCn1cc(C)c2ccc(C(C)=O)cc21. The first-order chi connectivity index (χ1) is 7.13. The van der Waals surface area contributed by atoms with Crippen molar-refractivity contribution in [3.05, 3.63) is 35.5 Å². The molecule has 0 fully saturated rings. The van der Waals surface area contributed by atoms with Crippen molar-refractivity contribution in [2.75, 3.05) is 0 Å². The molecule has 0 radical (unpaired) electrons. The quantitative estimate of drug-likeness (QED) is 0.684. The van der Waals surface area contributed by atoms with Crippen LogP contribution in [0.1, 0.15) is 29.8 Å². The van der Waals surface area contributed by atoms with Gasteiger partial charge in [0, 0.05) is 29.2 Å². The summed E-state index contributed by atoms with van der Waals surface area (Å²) in [6.07, 6.45) is 2.13. The molecule has 1 aromatic carbocycles. The first kappa shape index (κ1) is 9.97. The number of hydrogen-bond donors (Lipinski definition) is 0. The van der Waals surface area contributed by atoms with Crippen LogP contribution in [-0.4, -0.2) is 10.4 Å². The Labute approximate surface area is 89.5 Å². The third kappa shape index (κ3) is 1.56. The molecule has 2 nitrogen and oxygen atoms in total. The molecule has 15 heavy (non-hydrogen) atoms. The summed E-state index contributed by atoms with van der Waals surface area (Å²) >= 11 is 0. The summed E-state index contributed by atoms with van der Waals surface area (Å²) in [5, 5.41) is 1.24. The third-order valence-electron chi connectivity index (χ3n) is 2.83. The van der Waals surface area contributed by atoms with E-state index in [4.69, 9.17) is 0 Å². The van der Waals surface area contributed by atoms with Gasteiger partial charge in [-0.1, -0.05) is 12.1 Å². The molecule has 0 N–H and O–H groups in total. The number of carbonyl (C=O) groups excluding carboxylic acids is 1. The molecule has 78 valence electrons. The van der Waals surface area contributed by atoms with Crippen molar-refractivity contribution in [1.29, 1.82) is 0 Å². The molecule has 0 spiro atoms. The molecule has 2 heteroatoms. The van der Waals surface area contributed by atoms with Crippen molar-refractivity contribution >= 4 is 16.7 Å². The molecule has 2 rings (SSSR count). The fourth-order valence-electron chi connectivity index (χ4n) is 1.96. The highest BCUT2D eigenvalue weighted by molar-refractivity contribution is 5.98. The molecule has 0 atom stereocenters. The Morgan fingerprint density at radius 3 is 2.73 bits per heavy atom. The van der Waals surface area contributed by atoms with Gasteiger partial charge in [-0.05, 0) is 32.4 Å². The molecule has 2 aromatic rings. The third-order valence-corrected chi connectivity index (χ3v) is 2.83. The fraction of sp³-hybridized carbons (Fsp3) is 0.308. The van der Waals surface area contributed by atoms with Gasteiger partial charge < -0.3 is 4.57 Å². The van der Waals surface area contributed by atoms with Crippen molar-refractivity contribution in [3.8, 4) is 0 Å². The topological polar surface area (TPSA) is 22.0 Å². The molecule has 1 aromatic heterocycles. The average molecular weight is 201 g/mol. The molecule has 0 saturated carbocycles. The van der Waals surface area contributed by atoms with Crippen molar-refractivity contribution in [1.82, 2.24) is 4.57 Å². The Morgan fingerprint density at radius 1 is 1.40 bits per heavy atom. The zero-order valence-electron chi connectivity index (χ0n) is 9.37. The number of ketones is 1. The maximum atomic E-state index is 11.3. The summed E-state index contributed by atoms with van der Waals surface area (Å²) in [6.45, 7) is 6.75. The molecular weight excluding hydrogens is 186 g/mol. The molecular formula is C13H15NO. The molecule has 0 amide bonds. The Balaban J connectivity index is 2.73. The normalized spacial score (nSPS) is 10.9. The maximum Gasteiger partial charge on any atom is 0.159 e. The highest BCUT2D eigenvalue weighted by Crippen LogP contribution is 2.22. The Kier molecular flexibility index (Phi) is 2.35. The van der Waals surface area contributed by atoms with Crippen LogP contribution >= 0.6 is 0 Å². The second-order valence-electron chi connectivity index (χ2n) is 3.89. The summed E-state index contributed by atoms with van der Waals surface area (Å²) in [7, 11) is 0. The van der Waals surface area contributed by atoms with E-state index in [-0.39, 0.29) is 5.78 Å². The van der Waals surface area contributed by atoms with Gasteiger partial charge in [-0.3, -0.25) is 4.79 Å². The first-order valence-electron chi connectivity index (χ1n) is 5.24. The Morgan fingerprint density at radius 2 is 2.13 bits per heavy atom. The molecule has 0 aliphatic carbocycles. The lowest BCUT2D eigenvalue weighted by Gasteiger charge is -2.01. The Bertz CT molecular complexity index is 523. The van der Waals surface area contributed by atoms with E-state index in [1.54, 1.807) is 6.92 Å². The number of fused-ring (bicyclic) bond motifs is 1. The molecule has 1 heterocycles. The number of Topliss-reactive ketones (excluding diaryl/α,β-unsaturated/α-hetero) is 1. The number of hydrogen-bond acceptors (Lipinski definition) is 1. The van der Waals surface area contributed by atoms with Crippen LogP contribution in [0, 0.1) is 6.92 Å². The van der Waals surface area contributed by atoms with E-state index in [1.165, 1.54) is 10.9 Å². The lowest BCUT2D eigenvalue weighted by molar-refractivity contribution is 0.101. The van der Waals surface area contributed by atoms with E-state index < -0.39 is 0 Å². The van der Waals surface area contributed by atoms with Crippen molar-refractivity contribution in [2.45, 2.75) is 27.3 Å². The summed E-state index contributed by atoms with van der Waals surface area (Å²) in [5.74, 6) is 0.124. The van der Waals surface area contributed by atoms with E-state index in [0.29, 0.717) is 0 Å². The lowest BCUT2D eigenvalue weighted by Crippen LogP contribution is -1.94. The van der Waals surface area contributed by atoms with E-state index >= 15 is 0 Å². The minimum atomic E-state index is 0.124. The second kappa shape index (κ2) is 3.54. The molecule has 0 aliphatic heterocycles.